The van der Waals surface area contributed by atoms with Crippen LogP contribution in [0.25, 0.3) is 0 Å². The molecule has 0 fully saturated rings. The van der Waals surface area contributed by atoms with Crippen LogP contribution in [0.2, 0.25) is 0 Å². The molecule has 0 aliphatic heterocycles. The number of rotatable bonds is 7. The molecule has 0 saturated heterocycles. The number of nitrogens with zero attached hydrogens (tertiary/aromatic N) is 1. The van der Waals surface area contributed by atoms with Crippen LogP contribution in [0.3, 0.4) is 0 Å². The second-order valence-electron chi connectivity index (χ2n) is 8.68. The van der Waals surface area contributed by atoms with Crippen molar-refractivity contribution in [2.45, 2.75) is 51.5 Å². The van der Waals surface area contributed by atoms with E-state index in [2.05, 4.69) is 4.74 Å². The normalized spacial score (nSPS) is 13.5. The van der Waals surface area contributed by atoms with Gasteiger partial charge in [0.15, 0.2) is 0 Å². The predicted molar refractivity (Wildman–Crippen MR) is 110 cm³/mol. The lowest BCUT2D eigenvalue weighted by Crippen LogP contribution is -2.63. The van der Waals surface area contributed by atoms with Crippen molar-refractivity contribution < 1.29 is 53.6 Å². The van der Waals surface area contributed by atoms with Crippen LogP contribution in [0.15, 0.2) is 18.2 Å². The van der Waals surface area contributed by atoms with E-state index >= 15 is 0 Å². The van der Waals surface area contributed by atoms with Gasteiger partial charge in [-0.1, -0.05) is 27.1 Å². The number of hydrogen-bond acceptors (Lipinski definition) is 5. The van der Waals surface area contributed by atoms with E-state index in [1.54, 1.807) is 20.8 Å². The molecule has 2 radical (unpaired) electrons. The number of hydrogen-bond donors (Lipinski definition) is 1. The highest BCUT2D eigenvalue weighted by molar-refractivity contribution is 7.85. The smallest absolute Gasteiger partial charge is 0.435 e. The van der Waals surface area contributed by atoms with Crippen molar-refractivity contribution in [3.8, 4) is 0 Å². The Morgan fingerprint density at radius 2 is 1.56 bits per heavy atom. The second-order valence-corrected chi connectivity index (χ2v) is 10.1. The van der Waals surface area contributed by atoms with E-state index in [1.807, 2.05) is 0 Å². The molecule has 15 heteroatoms. The molecule has 1 aromatic rings. The van der Waals surface area contributed by atoms with Crippen LogP contribution in [0.1, 0.15) is 43.1 Å². The topological polar surface area (TPSA) is 101 Å². The number of esters is 1. The first kappa shape index (κ1) is 29.7. The van der Waals surface area contributed by atoms with Crippen molar-refractivity contribution in [3.05, 3.63) is 29.3 Å². The first-order valence-electron chi connectivity index (χ1n) is 9.46. The molecular formula is C19H22BF6NO6S. The van der Waals surface area contributed by atoms with Gasteiger partial charge in [0.1, 0.15) is 5.75 Å². The van der Waals surface area contributed by atoms with Gasteiger partial charge in [-0.2, -0.15) is 34.8 Å². The number of amides is 1. The van der Waals surface area contributed by atoms with E-state index in [9.17, 15) is 44.3 Å². The fourth-order valence-electron chi connectivity index (χ4n) is 2.85. The van der Waals surface area contributed by atoms with Gasteiger partial charge in [0.05, 0.1) is 13.4 Å². The Labute approximate surface area is 193 Å². The van der Waals surface area contributed by atoms with Gasteiger partial charge in [0.25, 0.3) is 10.1 Å². The number of carbonyl (C=O) groups excluding carboxylic acids is 2. The van der Waals surface area contributed by atoms with Crippen molar-refractivity contribution in [2.75, 3.05) is 17.7 Å². The predicted octanol–water partition coefficient (Wildman–Crippen LogP) is 3.66. The summed E-state index contributed by atoms with van der Waals surface area (Å²) in [6, 6.07) is 2.69. The molecule has 190 valence electrons. The zero-order chi connectivity index (χ0) is 26.9. The van der Waals surface area contributed by atoms with E-state index in [-0.39, 0.29) is 29.9 Å². The number of halogens is 6. The molecule has 0 aliphatic carbocycles. The third-order valence-corrected chi connectivity index (χ3v) is 5.29. The first-order valence-corrected chi connectivity index (χ1v) is 11.1. The maximum Gasteiger partial charge on any atom is 0.438 e. The van der Waals surface area contributed by atoms with Crippen LogP contribution in [-0.4, -0.2) is 63.4 Å². The molecule has 0 atom stereocenters. The maximum atomic E-state index is 13.4. The van der Waals surface area contributed by atoms with E-state index in [0.29, 0.717) is 0 Å². The van der Waals surface area contributed by atoms with Crippen molar-refractivity contribution in [2.24, 2.45) is 5.41 Å². The molecule has 0 aliphatic rings. The maximum absolute atomic E-state index is 13.4. The van der Waals surface area contributed by atoms with Crippen LogP contribution in [0, 0.1) is 5.41 Å². The van der Waals surface area contributed by atoms with Crippen LogP contribution >= 0.6 is 0 Å². The Bertz CT molecular complexity index is 1020. The standard InChI is InChI=1S/C19H22BF6NO6S/c1-16(2,3)8-14(28)27(4)13-6-5-11(7-12(13)9-20)15(29)33-17(18(21,22)23,19(24,25)26)10-34(30,31)32/h5-7H,8-10H2,1-4H3,(H,30,31,32). The number of ether oxygens (including phenoxy) is 1. The van der Waals surface area contributed by atoms with E-state index in [4.69, 9.17) is 12.4 Å². The van der Waals surface area contributed by atoms with Gasteiger partial charge in [0.2, 0.25) is 5.91 Å². The van der Waals surface area contributed by atoms with Gasteiger partial charge in [-0.3, -0.25) is 9.35 Å². The van der Waals surface area contributed by atoms with Crippen molar-refractivity contribution in [1.82, 2.24) is 0 Å². The molecule has 0 spiro atoms. The molecule has 7 nitrogen and oxygen atoms in total. The Morgan fingerprint density at radius 3 is 1.94 bits per heavy atom. The zero-order valence-corrected chi connectivity index (χ0v) is 19.4. The third-order valence-electron chi connectivity index (χ3n) is 4.52. The van der Waals surface area contributed by atoms with Gasteiger partial charge >= 0.3 is 23.9 Å². The second kappa shape index (κ2) is 9.76. The zero-order valence-electron chi connectivity index (χ0n) is 18.5. The van der Waals surface area contributed by atoms with Gasteiger partial charge < -0.3 is 9.64 Å². The monoisotopic (exact) mass is 517 g/mol. The van der Waals surface area contributed by atoms with Crippen LogP contribution in [0.4, 0.5) is 32.0 Å². The molecule has 1 rings (SSSR count). The lowest BCUT2D eigenvalue weighted by atomic mass is 9.90. The molecule has 1 amide bonds. The van der Waals surface area contributed by atoms with Crippen molar-refractivity contribution >= 4 is 35.5 Å². The Hall–Kier alpha value is -2.29. The largest absolute Gasteiger partial charge is 0.438 e. The summed E-state index contributed by atoms with van der Waals surface area (Å²) < 4.78 is 115. The minimum atomic E-state index is -6.45. The van der Waals surface area contributed by atoms with E-state index in [1.165, 1.54) is 7.05 Å². The summed E-state index contributed by atoms with van der Waals surface area (Å²) in [5.41, 5.74) is -6.60. The quantitative estimate of drug-likeness (QED) is 0.257. The number of alkyl halides is 6. The summed E-state index contributed by atoms with van der Waals surface area (Å²) in [6.07, 6.45) is -13.2. The number of anilines is 1. The summed E-state index contributed by atoms with van der Waals surface area (Å²) in [4.78, 5) is 25.9. The summed E-state index contributed by atoms with van der Waals surface area (Å²) in [5, 5.41) is 0. The van der Waals surface area contributed by atoms with E-state index < -0.39 is 50.8 Å². The highest BCUT2D eigenvalue weighted by atomic mass is 32.2. The fraction of sp³-hybridized carbons (Fsp3) is 0.579. The molecule has 0 bridgehead atoms. The van der Waals surface area contributed by atoms with Gasteiger partial charge in [-0.05, 0) is 29.2 Å². The first-order chi connectivity index (χ1) is 15.0. The third kappa shape index (κ3) is 7.11. The summed E-state index contributed by atoms with van der Waals surface area (Å²) in [7, 11) is 1.02. The average molecular weight is 517 g/mol. The van der Waals surface area contributed by atoms with E-state index in [0.717, 1.165) is 23.1 Å². The number of carbonyl (C=O) groups is 2. The van der Waals surface area contributed by atoms with Crippen LogP contribution in [-0.2, 0) is 26.0 Å². The number of benzene rings is 1. The molecule has 0 heterocycles. The van der Waals surface area contributed by atoms with Gasteiger partial charge in [0, 0.05) is 19.2 Å². The van der Waals surface area contributed by atoms with Crippen LogP contribution < -0.4 is 4.90 Å². The Morgan fingerprint density at radius 1 is 1.06 bits per heavy atom. The lowest BCUT2D eigenvalue weighted by Gasteiger charge is -2.35. The molecule has 1 aromatic carbocycles. The minimum Gasteiger partial charge on any atom is -0.435 e. The Kier molecular flexibility index (Phi) is 8.54. The SMILES string of the molecule is [B]Cc1cc(C(=O)OC(CS(=O)(=O)O)(C(F)(F)F)C(F)(F)F)ccc1N(C)C(=O)CC(C)(C)C. The minimum absolute atomic E-state index is 0.0126. The summed E-state index contributed by atoms with van der Waals surface area (Å²) in [6.45, 7) is 5.38. The van der Waals surface area contributed by atoms with Gasteiger partial charge in [-0.15, -0.1) is 0 Å². The molecular weight excluding hydrogens is 495 g/mol. The van der Waals surface area contributed by atoms with Crippen LogP contribution in [0.5, 0.6) is 0 Å². The molecule has 0 aromatic heterocycles. The fourth-order valence-corrected chi connectivity index (χ4v) is 3.75. The highest BCUT2D eigenvalue weighted by Gasteiger charge is 2.76. The van der Waals surface area contributed by atoms with Crippen molar-refractivity contribution in [3.63, 3.8) is 0 Å². The highest BCUT2D eigenvalue weighted by Crippen LogP contribution is 2.47. The molecule has 1 N–H and O–H groups in total. The average Bonchev–Trinajstić information content (AvgIpc) is 2.61. The molecule has 0 saturated carbocycles. The lowest BCUT2D eigenvalue weighted by molar-refractivity contribution is -0.356. The molecule has 34 heavy (non-hydrogen) atoms. The van der Waals surface area contributed by atoms with Crippen molar-refractivity contribution in [1.29, 1.82) is 0 Å². The summed E-state index contributed by atoms with van der Waals surface area (Å²) >= 11 is 0. The van der Waals surface area contributed by atoms with Gasteiger partial charge in [-0.25, -0.2) is 4.79 Å². The Balaban J connectivity index is 3.46. The summed E-state index contributed by atoms with van der Waals surface area (Å²) in [5.74, 6) is -5.55. The molecule has 0 unspecified atom stereocenters.